The Morgan fingerprint density at radius 3 is 2.36 bits per heavy atom. The lowest BCUT2D eigenvalue weighted by atomic mass is 10.1. The van der Waals surface area contributed by atoms with E-state index in [0.29, 0.717) is 12.0 Å². The molecule has 0 aliphatic carbocycles. The molecule has 0 amide bonds. The molecule has 0 aliphatic rings. The molecule has 1 nitrogen and oxygen atoms in total. The van der Waals surface area contributed by atoms with Gasteiger partial charge in [0.1, 0.15) is 5.75 Å². The van der Waals surface area contributed by atoms with E-state index in [2.05, 4.69) is 22.6 Å². The van der Waals surface area contributed by atoms with Crippen molar-refractivity contribution in [2.75, 3.05) is 4.43 Å². The van der Waals surface area contributed by atoms with Gasteiger partial charge in [0.15, 0.2) is 0 Å². The Kier molecular flexibility index (Phi) is 3.63. The maximum absolute atomic E-state index is 12.2. The molecule has 0 heterocycles. The summed E-state index contributed by atoms with van der Waals surface area (Å²) in [5.74, 6) is -0.281. The van der Waals surface area contributed by atoms with Gasteiger partial charge in [-0.25, -0.2) is 0 Å². The van der Waals surface area contributed by atoms with E-state index in [1.165, 1.54) is 6.07 Å². The van der Waals surface area contributed by atoms with Crippen molar-refractivity contribution in [1.82, 2.24) is 0 Å². The Morgan fingerprint density at radius 2 is 1.93 bits per heavy atom. The SMILES string of the molecule is Oc1cc(C(F)(F)F)ccc1CCI. The van der Waals surface area contributed by atoms with Crippen LogP contribution in [-0.2, 0) is 12.6 Å². The quantitative estimate of drug-likeness (QED) is 0.655. The molecular weight excluding hydrogens is 308 g/mol. The first kappa shape index (κ1) is 11.6. The number of hydrogen-bond donors (Lipinski definition) is 1. The van der Waals surface area contributed by atoms with E-state index >= 15 is 0 Å². The maximum atomic E-state index is 12.2. The second-order valence-corrected chi connectivity index (χ2v) is 3.86. The number of rotatable bonds is 2. The molecular formula is C9H8F3IO. The summed E-state index contributed by atoms with van der Waals surface area (Å²) in [6.07, 6.45) is -3.81. The largest absolute Gasteiger partial charge is 0.508 e. The highest BCUT2D eigenvalue weighted by Gasteiger charge is 2.30. The summed E-state index contributed by atoms with van der Waals surface area (Å²) in [7, 11) is 0. The zero-order valence-corrected chi connectivity index (χ0v) is 9.26. The molecule has 1 aromatic rings. The Morgan fingerprint density at radius 1 is 1.29 bits per heavy atom. The monoisotopic (exact) mass is 316 g/mol. The molecule has 0 radical (unpaired) electrons. The van der Waals surface area contributed by atoms with Crippen molar-refractivity contribution in [3.8, 4) is 5.75 Å². The van der Waals surface area contributed by atoms with Crippen LogP contribution in [0.1, 0.15) is 11.1 Å². The average Bonchev–Trinajstić information content (AvgIpc) is 2.07. The number of phenolic OH excluding ortho intramolecular Hbond substituents is 1. The van der Waals surface area contributed by atoms with Crippen LogP contribution in [0.3, 0.4) is 0 Å². The molecule has 0 aliphatic heterocycles. The molecule has 14 heavy (non-hydrogen) atoms. The fraction of sp³-hybridized carbons (Fsp3) is 0.333. The van der Waals surface area contributed by atoms with Crippen LogP contribution in [0.15, 0.2) is 18.2 Å². The third kappa shape index (κ3) is 2.76. The number of alkyl halides is 4. The zero-order chi connectivity index (χ0) is 10.8. The zero-order valence-electron chi connectivity index (χ0n) is 7.11. The van der Waals surface area contributed by atoms with Crippen LogP contribution in [0.2, 0.25) is 0 Å². The topological polar surface area (TPSA) is 20.2 Å². The summed E-state index contributed by atoms with van der Waals surface area (Å²) in [4.78, 5) is 0. The summed E-state index contributed by atoms with van der Waals surface area (Å²) in [5.41, 5.74) is -0.264. The Hall–Kier alpha value is -0.460. The first-order valence-corrected chi connectivity index (χ1v) is 5.42. The number of halogens is 4. The van der Waals surface area contributed by atoms with Crippen LogP contribution in [-0.4, -0.2) is 9.53 Å². The first-order chi connectivity index (χ1) is 6.45. The molecule has 0 bridgehead atoms. The van der Waals surface area contributed by atoms with E-state index in [4.69, 9.17) is 0 Å². The lowest BCUT2D eigenvalue weighted by molar-refractivity contribution is -0.137. The van der Waals surface area contributed by atoms with Gasteiger partial charge in [-0.1, -0.05) is 28.7 Å². The van der Waals surface area contributed by atoms with Crippen molar-refractivity contribution < 1.29 is 18.3 Å². The summed E-state index contributed by atoms with van der Waals surface area (Å²) in [6, 6.07) is 3.07. The Bertz CT molecular complexity index is 322. The van der Waals surface area contributed by atoms with Gasteiger partial charge in [0.05, 0.1) is 5.56 Å². The van der Waals surface area contributed by atoms with Crippen LogP contribution in [0.5, 0.6) is 5.75 Å². The van der Waals surface area contributed by atoms with E-state index in [-0.39, 0.29) is 5.75 Å². The number of phenols is 1. The van der Waals surface area contributed by atoms with Crippen molar-refractivity contribution in [3.05, 3.63) is 29.3 Å². The molecule has 0 aromatic heterocycles. The van der Waals surface area contributed by atoms with Gasteiger partial charge in [0, 0.05) is 4.43 Å². The van der Waals surface area contributed by atoms with Crippen LogP contribution in [0.25, 0.3) is 0 Å². The molecule has 78 valence electrons. The number of aromatic hydroxyl groups is 1. The number of benzene rings is 1. The summed E-state index contributed by atoms with van der Waals surface area (Å²) < 4.78 is 37.3. The Labute approximate surface area is 93.1 Å². The van der Waals surface area contributed by atoms with E-state index < -0.39 is 11.7 Å². The molecule has 0 saturated carbocycles. The number of aryl methyl sites for hydroxylation is 1. The van der Waals surface area contributed by atoms with E-state index in [1.54, 1.807) is 0 Å². The first-order valence-electron chi connectivity index (χ1n) is 3.90. The third-order valence-corrected chi connectivity index (χ3v) is 2.32. The lowest BCUT2D eigenvalue weighted by Gasteiger charge is -2.09. The predicted molar refractivity (Wildman–Crippen MR) is 55.7 cm³/mol. The van der Waals surface area contributed by atoms with Gasteiger partial charge in [-0.05, 0) is 24.1 Å². The molecule has 0 unspecified atom stereocenters. The smallest absolute Gasteiger partial charge is 0.416 e. The standard InChI is InChI=1S/C9H8F3IO/c10-9(11,12)7-2-1-6(3-4-13)8(14)5-7/h1-2,5,14H,3-4H2. The predicted octanol–water partition coefficient (Wildman–Crippen LogP) is 3.39. The molecule has 1 aromatic carbocycles. The normalized spacial score (nSPS) is 11.7. The van der Waals surface area contributed by atoms with Crippen molar-refractivity contribution >= 4 is 22.6 Å². The van der Waals surface area contributed by atoms with Crippen LogP contribution in [0.4, 0.5) is 13.2 Å². The van der Waals surface area contributed by atoms with Gasteiger partial charge >= 0.3 is 6.18 Å². The Balaban J connectivity index is 3.01. The lowest BCUT2D eigenvalue weighted by Crippen LogP contribution is -2.04. The highest BCUT2D eigenvalue weighted by molar-refractivity contribution is 14.1. The molecule has 0 saturated heterocycles. The van der Waals surface area contributed by atoms with Gasteiger partial charge in [-0.2, -0.15) is 13.2 Å². The highest BCUT2D eigenvalue weighted by Crippen LogP contribution is 2.32. The van der Waals surface area contributed by atoms with Crippen LogP contribution in [0, 0.1) is 0 Å². The second kappa shape index (κ2) is 4.37. The third-order valence-electron chi connectivity index (χ3n) is 1.78. The fourth-order valence-electron chi connectivity index (χ4n) is 1.05. The van der Waals surface area contributed by atoms with Gasteiger partial charge in [-0.15, -0.1) is 0 Å². The minimum Gasteiger partial charge on any atom is -0.508 e. The van der Waals surface area contributed by atoms with Gasteiger partial charge < -0.3 is 5.11 Å². The maximum Gasteiger partial charge on any atom is 0.416 e. The summed E-state index contributed by atoms with van der Waals surface area (Å²) in [5, 5.41) is 9.28. The van der Waals surface area contributed by atoms with Gasteiger partial charge in [0.2, 0.25) is 0 Å². The molecule has 1 N–H and O–H groups in total. The van der Waals surface area contributed by atoms with Gasteiger partial charge in [0.25, 0.3) is 0 Å². The molecule has 0 atom stereocenters. The van der Waals surface area contributed by atoms with Crippen molar-refractivity contribution in [1.29, 1.82) is 0 Å². The van der Waals surface area contributed by atoms with E-state index in [0.717, 1.165) is 16.6 Å². The van der Waals surface area contributed by atoms with Crippen LogP contribution >= 0.6 is 22.6 Å². The van der Waals surface area contributed by atoms with Crippen molar-refractivity contribution in [2.24, 2.45) is 0 Å². The minimum absolute atomic E-state index is 0.281. The van der Waals surface area contributed by atoms with E-state index in [9.17, 15) is 18.3 Å². The molecule has 0 fully saturated rings. The molecule has 0 spiro atoms. The highest BCUT2D eigenvalue weighted by atomic mass is 127. The van der Waals surface area contributed by atoms with E-state index in [1.807, 2.05) is 0 Å². The van der Waals surface area contributed by atoms with Crippen molar-refractivity contribution in [2.45, 2.75) is 12.6 Å². The van der Waals surface area contributed by atoms with Crippen LogP contribution < -0.4 is 0 Å². The fourth-order valence-corrected chi connectivity index (χ4v) is 1.63. The minimum atomic E-state index is -4.39. The summed E-state index contributed by atoms with van der Waals surface area (Å²) in [6.45, 7) is 0. The number of hydrogen-bond acceptors (Lipinski definition) is 1. The molecule has 5 heteroatoms. The van der Waals surface area contributed by atoms with Crippen molar-refractivity contribution in [3.63, 3.8) is 0 Å². The summed E-state index contributed by atoms with van der Waals surface area (Å²) >= 11 is 2.10. The second-order valence-electron chi connectivity index (χ2n) is 2.78. The average molecular weight is 316 g/mol. The van der Waals surface area contributed by atoms with Gasteiger partial charge in [-0.3, -0.25) is 0 Å². The molecule has 1 rings (SSSR count).